The number of amides is 1. The number of nitro groups is 1. The molecule has 7 heteroatoms. The molecular weight excluding hydrogens is 348 g/mol. The van der Waals surface area contributed by atoms with E-state index in [1.165, 1.54) is 24.3 Å². The molecule has 0 radical (unpaired) electrons. The topological polar surface area (TPSA) is 90.7 Å². The third kappa shape index (κ3) is 4.71. The molecule has 27 heavy (non-hydrogen) atoms. The van der Waals surface area contributed by atoms with E-state index in [0.717, 1.165) is 5.56 Å². The van der Waals surface area contributed by atoms with Crippen LogP contribution in [0.25, 0.3) is 6.08 Å². The molecule has 1 heterocycles. The second kappa shape index (κ2) is 8.46. The highest BCUT2D eigenvalue weighted by atomic mass is 16.7. The van der Waals surface area contributed by atoms with Gasteiger partial charge in [-0.05, 0) is 17.6 Å². The number of nitro benzene ring substituents is 1. The van der Waals surface area contributed by atoms with Crippen molar-refractivity contribution in [2.45, 2.75) is 19.4 Å². The third-order valence-electron chi connectivity index (χ3n) is 4.30. The molecule has 1 atom stereocenters. The number of carbonyl (C=O) groups is 1. The van der Waals surface area contributed by atoms with Gasteiger partial charge in [-0.3, -0.25) is 14.9 Å². The van der Waals surface area contributed by atoms with Crippen LogP contribution >= 0.6 is 0 Å². The second-order valence-electron chi connectivity index (χ2n) is 6.28. The summed E-state index contributed by atoms with van der Waals surface area (Å²) in [6, 6.07) is 12.7. The van der Waals surface area contributed by atoms with Crippen LogP contribution in [-0.2, 0) is 16.1 Å². The lowest BCUT2D eigenvalue weighted by Crippen LogP contribution is -2.25. The first-order chi connectivity index (χ1) is 13.0. The Kier molecular flexibility index (Phi) is 5.83. The Bertz CT molecular complexity index is 864. The number of hydrogen-bond donors (Lipinski definition) is 1. The van der Waals surface area contributed by atoms with Gasteiger partial charge in [0.05, 0.1) is 11.5 Å². The number of fused-ring (bicyclic) bond motifs is 1. The van der Waals surface area contributed by atoms with Crippen LogP contribution in [0.5, 0.6) is 5.75 Å². The van der Waals surface area contributed by atoms with Crippen LogP contribution < -0.4 is 10.1 Å². The third-order valence-corrected chi connectivity index (χ3v) is 4.30. The second-order valence-corrected chi connectivity index (χ2v) is 6.28. The Morgan fingerprint density at radius 2 is 2.11 bits per heavy atom. The molecular formula is C20H20N2O5. The molecule has 0 fully saturated rings. The molecule has 1 aliphatic heterocycles. The van der Waals surface area contributed by atoms with Crippen molar-refractivity contribution in [2.24, 2.45) is 0 Å². The zero-order valence-corrected chi connectivity index (χ0v) is 14.9. The highest BCUT2D eigenvalue weighted by molar-refractivity contribution is 5.92. The van der Waals surface area contributed by atoms with Crippen molar-refractivity contribution in [1.82, 2.24) is 5.32 Å². The lowest BCUT2D eigenvalue weighted by atomic mass is 10.0. The van der Waals surface area contributed by atoms with Crippen LogP contribution in [0, 0.1) is 10.1 Å². The maximum Gasteiger partial charge on any atom is 0.270 e. The Labute approximate surface area is 156 Å². The Morgan fingerprint density at radius 1 is 1.33 bits per heavy atom. The summed E-state index contributed by atoms with van der Waals surface area (Å²) in [5.74, 6) is 0.410. The first kappa shape index (κ1) is 18.6. The number of non-ortho nitro benzene ring substituents is 1. The molecule has 3 rings (SSSR count). The fourth-order valence-electron chi connectivity index (χ4n) is 2.84. The van der Waals surface area contributed by atoms with E-state index in [1.807, 2.05) is 37.3 Å². The molecule has 0 aromatic heterocycles. The van der Waals surface area contributed by atoms with Crippen LogP contribution in [0.15, 0.2) is 48.5 Å². The van der Waals surface area contributed by atoms with Gasteiger partial charge in [0, 0.05) is 35.9 Å². The molecule has 0 saturated heterocycles. The number of hydrogen-bond acceptors (Lipinski definition) is 5. The van der Waals surface area contributed by atoms with Gasteiger partial charge in [-0.15, -0.1) is 0 Å². The van der Waals surface area contributed by atoms with Crippen LogP contribution in [0.2, 0.25) is 0 Å². The number of rotatable bonds is 6. The Balaban J connectivity index is 1.69. The average Bonchev–Trinajstić information content (AvgIpc) is 2.70. The monoisotopic (exact) mass is 368 g/mol. The van der Waals surface area contributed by atoms with Crippen molar-refractivity contribution in [3.05, 3.63) is 75.3 Å². The summed E-state index contributed by atoms with van der Waals surface area (Å²) >= 11 is 0. The zero-order chi connectivity index (χ0) is 19.2. The highest BCUT2D eigenvalue weighted by Gasteiger charge is 2.19. The number of nitrogens with one attached hydrogen (secondary N) is 1. The van der Waals surface area contributed by atoms with Crippen LogP contribution in [-0.4, -0.2) is 24.2 Å². The van der Waals surface area contributed by atoms with Gasteiger partial charge in [0.1, 0.15) is 5.75 Å². The standard InChI is InChI=1S/C20H20N2O5/c1-14(15-5-3-2-4-6-15)11-21-19(23)8-7-16-9-18(22(24)25)10-17-12-26-13-27-20(16)17/h2-10,14H,11-13H2,1H3,(H,21,23). The van der Waals surface area contributed by atoms with Crippen LogP contribution in [0.1, 0.15) is 29.5 Å². The van der Waals surface area contributed by atoms with Crippen molar-refractivity contribution in [3.63, 3.8) is 0 Å². The van der Waals surface area contributed by atoms with E-state index >= 15 is 0 Å². The summed E-state index contributed by atoms with van der Waals surface area (Å²) in [5, 5.41) is 14.0. The van der Waals surface area contributed by atoms with E-state index in [-0.39, 0.29) is 30.9 Å². The van der Waals surface area contributed by atoms with Gasteiger partial charge in [-0.1, -0.05) is 37.3 Å². The summed E-state index contributed by atoms with van der Waals surface area (Å²) in [6.45, 7) is 2.83. The molecule has 7 nitrogen and oxygen atoms in total. The van der Waals surface area contributed by atoms with E-state index in [1.54, 1.807) is 0 Å². The minimum absolute atomic E-state index is 0.0689. The average molecular weight is 368 g/mol. The van der Waals surface area contributed by atoms with E-state index < -0.39 is 4.92 Å². The van der Waals surface area contributed by atoms with Gasteiger partial charge in [-0.25, -0.2) is 0 Å². The number of nitrogens with zero attached hydrogens (tertiary/aromatic N) is 1. The quantitative estimate of drug-likeness (QED) is 0.479. The SMILES string of the molecule is CC(CNC(=O)C=Cc1cc([N+](=O)[O-])cc2c1OCOC2)c1ccccc1. The zero-order valence-electron chi connectivity index (χ0n) is 14.9. The molecule has 2 aromatic carbocycles. The minimum Gasteiger partial charge on any atom is -0.467 e. The maximum atomic E-state index is 12.1. The molecule has 0 aliphatic carbocycles. The molecule has 1 N–H and O–H groups in total. The Hall–Kier alpha value is -3.19. The van der Waals surface area contributed by atoms with E-state index in [0.29, 0.717) is 23.4 Å². The predicted molar refractivity (Wildman–Crippen MR) is 100 cm³/mol. The lowest BCUT2D eigenvalue weighted by molar-refractivity contribution is -0.385. The molecule has 2 aromatic rings. The molecule has 0 bridgehead atoms. The smallest absolute Gasteiger partial charge is 0.270 e. The van der Waals surface area contributed by atoms with Gasteiger partial charge >= 0.3 is 0 Å². The van der Waals surface area contributed by atoms with E-state index in [2.05, 4.69) is 5.32 Å². The van der Waals surface area contributed by atoms with E-state index in [4.69, 9.17) is 9.47 Å². The molecule has 0 spiro atoms. The number of ether oxygens (including phenoxy) is 2. The number of carbonyl (C=O) groups excluding carboxylic acids is 1. The Morgan fingerprint density at radius 3 is 2.85 bits per heavy atom. The summed E-state index contributed by atoms with van der Waals surface area (Å²) in [4.78, 5) is 22.8. The molecule has 1 unspecified atom stereocenters. The minimum atomic E-state index is -0.478. The van der Waals surface area contributed by atoms with Crippen LogP contribution in [0.4, 0.5) is 5.69 Å². The van der Waals surface area contributed by atoms with Crippen molar-refractivity contribution < 1.29 is 19.2 Å². The summed E-state index contributed by atoms with van der Waals surface area (Å²) in [5.41, 5.74) is 2.14. The number of benzene rings is 2. The first-order valence-electron chi connectivity index (χ1n) is 8.57. The molecule has 0 saturated carbocycles. The van der Waals surface area contributed by atoms with Gasteiger partial charge in [0.25, 0.3) is 5.69 Å². The van der Waals surface area contributed by atoms with Gasteiger partial charge < -0.3 is 14.8 Å². The summed E-state index contributed by atoms with van der Waals surface area (Å²) in [7, 11) is 0. The van der Waals surface area contributed by atoms with Gasteiger partial charge in [0.15, 0.2) is 6.79 Å². The summed E-state index contributed by atoms with van der Waals surface area (Å²) < 4.78 is 10.6. The lowest BCUT2D eigenvalue weighted by Gasteiger charge is -2.19. The molecule has 1 aliphatic rings. The van der Waals surface area contributed by atoms with Gasteiger partial charge in [0.2, 0.25) is 5.91 Å². The van der Waals surface area contributed by atoms with Crippen LogP contribution in [0.3, 0.4) is 0 Å². The fraction of sp³-hybridized carbons (Fsp3) is 0.250. The van der Waals surface area contributed by atoms with Gasteiger partial charge in [-0.2, -0.15) is 0 Å². The normalized spacial score (nSPS) is 14.3. The van der Waals surface area contributed by atoms with Crippen molar-refractivity contribution in [2.75, 3.05) is 13.3 Å². The highest BCUT2D eigenvalue weighted by Crippen LogP contribution is 2.33. The van der Waals surface area contributed by atoms with Crippen molar-refractivity contribution in [1.29, 1.82) is 0 Å². The van der Waals surface area contributed by atoms with Crippen molar-refractivity contribution in [3.8, 4) is 5.75 Å². The molecule has 1 amide bonds. The van der Waals surface area contributed by atoms with Crippen molar-refractivity contribution >= 4 is 17.7 Å². The predicted octanol–water partition coefficient (Wildman–Crippen LogP) is 3.39. The summed E-state index contributed by atoms with van der Waals surface area (Å²) in [6.07, 6.45) is 2.88. The maximum absolute atomic E-state index is 12.1. The van der Waals surface area contributed by atoms with E-state index in [9.17, 15) is 14.9 Å². The first-order valence-corrected chi connectivity index (χ1v) is 8.57. The molecule has 140 valence electrons. The largest absolute Gasteiger partial charge is 0.467 e. The fourth-order valence-corrected chi connectivity index (χ4v) is 2.84.